The molecule has 0 bridgehead atoms. The minimum Gasteiger partial charge on any atom is -0.508 e. The monoisotopic (exact) mass is 651 g/mol. The molecule has 2 aromatic carbocycles. The van der Waals surface area contributed by atoms with Gasteiger partial charge in [0.05, 0.1) is 11.5 Å². The average molecular weight is 652 g/mol. The smallest absolute Gasteiger partial charge is 0.178 e. The molecule has 9 heteroatoms. The van der Waals surface area contributed by atoms with Crippen molar-refractivity contribution in [2.45, 2.75) is 68.2 Å². The zero-order valence-electron chi connectivity index (χ0n) is 26.1. The number of carbonyl (C=O) groups is 2. The number of aromatic hydroxyl groups is 1. The number of fused-ring (bicyclic) bond motifs is 7. The first-order valence-corrected chi connectivity index (χ1v) is 17.1. The lowest BCUT2D eigenvalue weighted by molar-refractivity contribution is -0.211. The quantitative estimate of drug-likeness (QED) is 0.330. The van der Waals surface area contributed by atoms with Gasteiger partial charge in [-0.15, -0.1) is 11.8 Å². The Morgan fingerprint density at radius 2 is 1.74 bits per heavy atom. The molecule has 0 spiro atoms. The van der Waals surface area contributed by atoms with Crippen molar-refractivity contribution in [1.29, 1.82) is 0 Å². The third kappa shape index (κ3) is 4.44. The Labute approximate surface area is 271 Å². The predicted molar refractivity (Wildman–Crippen MR) is 170 cm³/mol. The number of phenolic OH excluding ortho intramolecular Hbond substituents is 1. The Morgan fingerprint density at radius 3 is 2.43 bits per heavy atom. The van der Waals surface area contributed by atoms with Crippen molar-refractivity contribution >= 4 is 23.3 Å². The second-order valence-electron chi connectivity index (χ2n) is 14.6. The molecule has 0 aromatic heterocycles. The molecule has 5 aliphatic rings. The SMILES string of the molecule is C[C@]12C=CC(=O)C=C1[C@@H](F)C[C@H]1[C@@H]3C[C@H]4CN(Cc5ccc(CSc6ccc(O)cc6)cc5)C[C@@]4(C(=O)CF)[C@@]3(C)C[C@H](O)[C@@]12F. The number of rotatable bonds is 7. The molecular weight excluding hydrogens is 611 g/mol. The molecule has 2 N–H and O–H groups in total. The van der Waals surface area contributed by atoms with E-state index in [-0.39, 0.29) is 30.1 Å². The van der Waals surface area contributed by atoms with Crippen LogP contribution in [0.25, 0.3) is 0 Å². The molecule has 2 aromatic rings. The lowest BCUT2D eigenvalue weighted by Gasteiger charge is -2.63. The maximum Gasteiger partial charge on any atom is 0.178 e. The molecule has 0 radical (unpaired) electrons. The number of aliphatic hydroxyl groups excluding tert-OH is 1. The fraction of sp³-hybridized carbons (Fsp3) is 0.514. The van der Waals surface area contributed by atoms with Crippen molar-refractivity contribution in [1.82, 2.24) is 4.90 Å². The molecule has 4 aliphatic carbocycles. The minimum atomic E-state index is -2.22. The molecule has 0 amide bonds. The van der Waals surface area contributed by atoms with Crippen LogP contribution in [0.5, 0.6) is 5.75 Å². The zero-order chi connectivity index (χ0) is 32.6. The summed E-state index contributed by atoms with van der Waals surface area (Å²) < 4.78 is 47.9. The summed E-state index contributed by atoms with van der Waals surface area (Å²) in [7, 11) is 0. The summed E-state index contributed by atoms with van der Waals surface area (Å²) in [5.41, 5.74) is -3.46. The van der Waals surface area contributed by atoms with Gasteiger partial charge in [0, 0.05) is 41.6 Å². The van der Waals surface area contributed by atoms with E-state index in [1.54, 1.807) is 30.8 Å². The Hall–Kier alpha value is -2.88. The van der Waals surface area contributed by atoms with Crippen LogP contribution in [0.15, 0.2) is 77.2 Å². The molecule has 4 fully saturated rings. The molecule has 7 rings (SSSR count). The Morgan fingerprint density at radius 1 is 1.04 bits per heavy atom. The number of benzene rings is 2. The van der Waals surface area contributed by atoms with Crippen LogP contribution >= 0.6 is 11.8 Å². The van der Waals surface area contributed by atoms with Crippen molar-refractivity contribution in [3.05, 3.63) is 83.5 Å². The number of ketones is 2. The van der Waals surface area contributed by atoms with E-state index in [0.29, 0.717) is 26.1 Å². The highest BCUT2D eigenvalue weighted by atomic mass is 32.2. The van der Waals surface area contributed by atoms with E-state index in [4.69, 9.17) is 0 Å². The van der Waals surface area contributed by atoms with Crippen LogP contribution in [-0.4, -0.2) is 64.4 Å². The summed E-state index contributed by atoms with van der Waals surface area (Å²) in [6, 6.07) is 15.4. The molecule has 244 valence electrons. The normalized spacial score (nSPS) is 39.7. The van der Waals surface area contributed by atoms with Crippen LogP contribution in [0.4, 0.5) is 13.2 Å². The van der Waals surface area contributed by atoms with Crippen LogP contribution in [0, 0.1) is 34.0 Å². The first-order valence-electron chi connectivity index (χ1n) is 16.1. The van der Waals surface area contributed by atoms with Gasteiger partial charge in [-0.1, -0.05) is 37.3 Å². The van der Waals surface area contributed by atoms with E-state index < -0.39 is 64.3 Å². The number of allylic oxidation sites excluding steroid dienone is 4. The molecular formula is C37H40F3NO4S. The third-order valence-electron chi connectivity index (χ3n) is 12.5. The topological polar surface area (TPSA) is 77.8 Å². The second kappa shape index (κ2) is 11.1. The first kappa shape index (κ1) is 31.7. The van der Waals surface area contributed by atoms with Gasteiger partial charge in [0.15, 0.2) is 17.2 Å². The van der Waals surface area contributed by atoms with Gasteiger partial charge in [-0.05, 0) is 96.6 Å². The number of alkyl halides is 3. The van der Waals surface area contributed by atoms with Crippen LogP contribution in [0.2, 0.25) is 0 Å². The number of thioether (sulfide) groups is 1. The predicted octanol–water partition coefficient (Wildman–Crippen LogP) is 6.57. The number of halogens is 3. The van der Waals surface area contributed by atoms with Gasteiger partial charge in [0.1, 0.15) is 18.6 Å². The maximum absolute atomic E-state index is 17.6. The molecule has 5 nitrogen and oxygen atoms in total. The fourth-order valence-electron chi connectivity index (χ4n) is 10.3. The number of aliphatic hydroxyl groups is 1. The lowest BCUT2D eigenvalue weighted by atomic mass is 9.43. The van der Waals surface area contributed by atoms with E-state index in [1.807, 2.05) is 19.1 Å². The van der Waals surface area contributed by atoms with Gasteiger partial charge in [0.25, 0.3) is 0 Å². The van der Waals surface area contributed by atoms with Gasteiger partial charge >= 0.3 is 0 Å². The number of hydrogen-bond donors (Lipinski definition) is 2. The molecule has 1 heterocycles. The molecule has 1 saturated heterocycles. The molecule has 1 aliphatic heterocycles. The molecule has 46 heavy (non-hydrogen) atoms. The number of likely N-dealkylation sites (tertiary alicyclic amines) is 1. The average Bonchev–Trinajstić information content (AvgIpc) is 3.51. The van der Waals surface area contributed by atoms with Crippen molar-refractivity contribution < 1.29 is 33.0 Å². The van der Waals surface area contributed by atoms with Crippen LogP contribution in [-0.2, 0) is 21.9 Å². The summed E-state index contributed by atoms with van der Waals surface area (Å²) in [5, 5.41) is 21.2. The number of carbonyl (C=O) groups excluding carboxylic acids is 2. The Bertz CT molecular complexity index is 1610. The van der Waals surface area contributed by atoms with Crippen LogP contribution < -0.4 is 0 Å². The summed E-state index contributed by atoms with van der Waals surface area (Å²) in [5.74, 6) is -1.44. The summed E-state index contributed by atoms with van der Waals surface area (Å²) in [6.07, 6.45) is 1.05. The highest BCUT2D eigenvalue weighted by Crippen LogP contribution is 2.74. The summed E-state index contributed by atoms with van der Waals surface area (Å²) in [4.78, 5) is 29.1. The van der Waals surface area contributed by atoms with E-state index in [2.05, 4.69) is 29.2 Å². The van der Waals surface area contributed by atoms with Gasteiger partial charge in [-0.3, -0.25) is 14.5 Å². The number of nitrogens with zero attached hydrogens (tertiary/aromatic N) is 1. The number of hydrogen-bond acceptors (Lipinski definition) is 6. The Balaban J connectivity index is 1.12. The molecule has 3 saturated carbocycles. The van der Waals surface area contributed by atoms with Gasteiger partial charge in [0.2, 0.25) is 0 Å². The number of phenols is 1. The largest absolute Gasteiger partial charge is 0.508 e. The van der Waals surface area contributed by atoms with Crippen molar-refractivity contribution in [3.63, 3.8) is 0 Å². The Kier molecular flexibility index (Phi) is 7.65. The van der Waals surface area contributed by atoms with E-state index in [1.165, 1.54) is 18.2 Å². The summed E-state index contributed by atoms with van der Waals surface area (Å²) >= 11 is 1.67. The lowest BCUT2D eigenvalue weighted by Crippen LogP contribution is -2.69. The third-order valence-corrected chi connectivity index (χ3v) is 13.6. The zero-order valence-corrected chi connectivity index (χ0v) is 26.9. The minimum absolute atomic E-state index is 0.0320. The van der Waals surface area contributed by atoms with Gasteiger partial charge in [-0.25, -0.2) is 13.2 Å². The van der Waals surface area contributed by atoms with Gasteiger partial charge in [-0.2, -0.15) is 0 Å². The van der Waals surface area contributed by atoms with Crippen LogP contribution in [0.3, 0.4) is 0 Å². The second-order valence-corrected chi connectivity index (χ2v) is 15.6. The van der Waals surface area contributed by atoms with E-state index in [0.717, 1.165) is 21.8 Å². The first-order chi connectivity index (χ1) is 21.9. The highest BCUT2D eigenvalue weighted by Gasteiger charge is 2.78. The van der Waals surface area contributed by atoms with Crippen molar-refractivity contribution in [2.24, 2.45) is 34.0 Å². The summed E-state index contributed by atoms with van der Waals surface area (Å²) in [6.45, 7) is 3.75. The van der Waals surface area contributed by atoms with Crippen LogP contribution in [0.1, 0.15) is 44.2 Å². The van der Waals surface area contributed by atoms with E-state index >= 15 is 8.78 Å². The highest BCUT2D eigenvalue weighted by molar-refractivity contribution is 7.98. The van der Waals surface area contributed by atoms with Crippen molar-refractivity contribution in [2.75, 3.05) is 19.8 Å². The number of Topliss-reactive ketones (excluding diaryl/α,β-unsaturated/α-hetero) is 1. The fourth-order valence-corrected chi connectivity index (χ4v) is 11.2. The maximum atomic E-state index is 17.6. The standard InChI is InChI=1S/C37H40F3NO4S/c1-34-12-11-26(43)14-30(34)31(39)15-29-28-13-24-19-41(21-36(24,33(45)17-38)35(28,2)16-32(44)37(29,34)40)18-22-3-5-23(6-4-22)20-46-27-9-7-25(42)8-10-27/h3-12,14,24,28-29,31-32,42,44H,13,15-21H2,1-2H3/t24-,28-,29-,31-,32-,34-,35-,36+,37-/m0/s1. The molecule has 0 unspecified atom stereocenters. The van der Waals surface area contributed by atoms with Crippen molar-refractivity contribution in [3.8, 4) is 5.75 Å². The molecule has 9 atom stereocenters. The van der Waals surface area contributed by atoms with Gasteiger partial charge < -0.3 is 10.2 Å². The van der Waals surface area contributed by atoms with E-state index in [9.17, 15) is 24.2 Å².